The van der Waals surface area contributed by atoms with Crippen molar-refractivity contribution < 1.29 is 4.74 Å². The Morgan fingerprint density at radius 2 is 2.00 bits per heavy atom. The SMILES string of the molecule is CCOCc1ccccc1CNc1ccc2nnnn2n1. The van der Waals surface area contributed by atoms with E-state index in [1.807, 2.05) is 31.2 Å². The highest BCUT2D eigenvalue weighted by Gasteiger charge is 2.04. The second-order valence-electron chi connectivity index (χ2n) is 4.50. The van der Waals surface area contributed by atoms with E-state index in [9.17, 15) is 0 Å². The Bertz CT molecular complexity index is 726. The van der Waals surface area contributed by atoms with Gasteiger partial charge >= 0.3 is 0 Å². The van der Waals surface area contributed by atoms with Gasteiger partial charge in [0.2, 0.25) is 0 Å². The normalized spacial score (nSPS) is 10.9. The van der Waals surface area contributed by atoms with Crippen molar-refractivity contribution in [2.24, 2.45) is 0 Å². The summed E-state index contributed by atoms with van der Waals surface area (Å²) < 4.78 is 6.88. The number of anilines is 1. The van der Waals surface area contributed by atoms with Crippen LogP contribution in [0.5, 0.6) is 0 Å². The molecule has 7 heteroatoms. The Balaban J connectivity index is 1.71. The maximum atomic E-state index is 5.49. The maximum Gasteiger partial charge on any atom is 0.200 e. The van der Waals surface area contributed by atoms with Crippen LogP contribution in [0.1, 0.15) is 18.1 Å². The lowest BCUT2D eigenvalue weighted by Gasteiger charge is -2.10. The van der Waals surface area contributed by atoms with E-state index in [0.29, 0.717) is 25.4 Å². The standard InChI is InChI=1S/C14H16N6O/c1-2-21-10-12-6-4-3-5-11(12)9-15-13-7-8-14-16-18-19-20(14)17-13/h3-8H,2,9-10H2,1H3,(H,15,17). The van der Waals surface area contributed by atoms with Crippen molar-refractivity contribution in [2.45, 2.75) is 20.1 Å². The van der Waals surface area contributed by atoms with E-state index in [-0.39, 0.29) is 0 Å². The summed E-state index contributed by atoms with van der Waals surface area (Å²) in [6.45, 7) is 3.99. The van der Waals surface area contributed by atoms with Crippen LogP contribution in [0.4, 0.5) is 5.82 Å². The first-order valence-electron chi connectivity index (χ1n) is 6.80. The van der Waals surface area contributed by atoms with E-state index < -0.39 is 0 Å². The summed E-state index contributed by atoms with van der Waals surface area (Å²) in [5.41, 5.74) is 2.98. The van der Waals surface area contributed by atoms with Gasteiger partial charge < -0.3 is 10.1 Å². The van der Waals surface area contributed by atoms with E-state index >= 15 is 0 Å². The molecule has 0 atom stereocenters. The molecule has 7 nitrogen and oxygen atoms in total. The largest absolute Gasteiger partial charge is 0.377 e. The third kappa shape index (κ3) is 3.14. The minimum atomic E-state index is 0.619. The Morgan fingerprint density at radius 1 is 1.14 bits per heavy atom. The molecule has 0 aliphatic rings. The number of ether oxygens (including phenoxy) is 1. The lowest BCUT2D eigenvalue weighted by molar-refractivity contribution is 0.133. The van der Waals surface area contributed by atoms with Crippen molar-refractivity contribution in [1.82, 2.24) is 25.3 Å². The molecule has 0 fully saturated rings. The Labute approximate surface area is 121 Å². The number of benzene rings is 1. The zero-order valence-corrected chi connectivity index (χ0v) is 11.7. The monoisotopic (exact) mass is 284 g/mol. The Hall–Kier alpha value is -2.54. The first kappa shape index (κ1) is 13.4. The van der Waals surface area contributed by atoms with Gasteiger partial charge in [-0.15, -0.1) is 14.8 Å². The number of hydrogen-bond acceptors (Lipinski definition) is 6. The molecule has 0 bridgehead atoms. The van der Waals surface area contributed by atoms with Gasteiger partial charge in [-0.3, -0.25) is 0 Å². The minimum absolute atomic E-state index is 0.619. The smallest absolute Gasteiger partial charge is 0.200 e. The van der Waals surface area contributed by atoms with Crippen molar-refractivity contribution in [2.75, 3.05) is 11.9 Å². The van der Waals surface area contributed by atoms with Crippen LogP contribution in [0.15, 0.2) is 36.4 Å². The predicted molar refractivity (Wildman–Crippen MR) is 77.7 cm³/mol. The summed E-state index contributed by atoms with van der Waals surface area (Å²) in [5.74, 6) is 0.723. The number of rotatable bonds is 6. The molecule has 1 aromatic carbocycles. The highest BCUT2D eigenvalue weighted by molar-refractivity contribution is 5.43. The van der Waals surface area contributed by atoms with Crippen molar-refractivity contribution in [3.8, 4) is 0 Å². The van der Waals surface area contributed by atoms with E-state index in [0.717, 1.165) is 5.82 Å². The Kier molecular flexibility index (Phi) is 4.02. The predicted octanol–water partition coefficient (Wildman–Crippen LogP) is 1.67. The number of nitrogens with one attached hydrogen (secondary N) is 1. The molecular weight excluding hydrogens is 268 g/mol. The fourth-order valence-corrected chi connectivity index (χ4v) is 2.01. The molecule has 2 heterocycles. The topological polar surface area (TPSA) is 77.2 Å². The number of tetrazole rings is 1. The summed E-state index contributed by atoms with van der Waals surface area (Å²) in [4.78, 5) is 0. The molecule has 0 saturated carbocycles. The van der Waals surface area contributed by atoms with Crippen LogP contribution >= 0.6 is 0 Å². The molecule has 3 aromatic rings. The summed E-state index contributed by atoms with van der Waals surface area (Å²) in [6, 6.07) is 11.9. The summed E-state index contributed by atoms with van der Waals surface area (Å²) in [5, 5.41) is 18.7. The van der Waals surface area contributed by atoms with Crippen LogP contribution in [0.3, 0.4) is 0 Å². The molecule has 0 saturated heterocycles. The third-order valence-electron chi connectivity index (χ3n) is 3.11. The number of nitrogens with zero attached hydrogens (tertiary/aromatic N) is 5. The third-order valence-corrected chi connectivity index (χ3v) is 3.11. The summed E-state index contributed by atoms with van der Waals surface area (Å²) in [7, 11) is 0. The first-order chi connectivity index (χ1) is 10.4. The number of fused-ring (bicyclic) bond motifs is 1. The second-order valence-corrected chi connectivity index (χ2v) is 4.50. The van der Waals surface area contributed by atoms with Gasteiger partial charge in [-0.05, 0) is 40.6 Å². The number of aromatic nitrogens is 5. The van der Waals surface area contributed by atoms with Gasteiger partial charge in [-0.25, -0.2) is 0 Å². The van der Waals surface area contributed by atoms with Crippen LogP contribution in [0, 0.1) is 0 Å². The second kappa shape index (κ2) is 6.27. The van der Waals surface area contributed by atoms with E-state index in [4.69, 9.17) is 4.74 Å². The molecule has 0 spiro atoms. The highest BCUT2D eigenvalue weighted by Crippen LogP contribution is 2.12. The van der Waals surface area contributed by atoms with E-state index in [1.165, 1.54) is 15.8 Å². The molecule has 0 amide bonds. The maximum absolute atomic E-state index is 5.49. The van der Waals surface area contributed by atoms with Gasteiger partial charge in [-0.2, -0.15) is 0 Å². The molecule has 0 aliphatic heterocycles. The lowest BCUT2D eigenvalue weighted by atomic mass is 10.1. The van der Waals surface area contributed by atoms with Gasteiger partial charge in [0, 0.05) is 13.2 Å². The van der Waals surface area contributed by atoms with Crippen molar-refractivity contribution in [3.05, 3.63) is 47.5 Å². The van der Waals surface area contributed by atoms with Gasteiger partial charge in [0.15, 0.2) is 5.65 Å². The summed E-state index contributed by atoms with van der Waals surface area (Å²) in [6.07, 6.45) is 0. The fourth-order valence-electron chi connectivity index (χ4n) is 2.01. The molecule has 1 N–H and O–H groups in total. The first-order valence-corrected chi connectivity index (χ1v) is 6.80. The Morgan fingerprint density at radius 3 is 2.86 bits per heavy atom. The van der Waals surface area contributed by atoms with Crippen molar-refractivity contribution in [3.63, 3.8) is 0 Å². The van der Waals surface area contributed by atoms with Crippen LogP contribution < -0.4 is 5.32 Å². The highest BCUT2D eigenvalue weighted by atomic mass is 16.5. The van der Waals surface area contributed by atoms with Gasteiger partial charge in [0.1, 0.15) is 5.82 Å². The average Bonchev–Trinajstić information content (AvgIpc) is 2.99. The zero-order chi connectivity index (χ0) is 14.5. The van der Waals surface area contributed by atoms with Gasteiger partial charge in [-0.1, -0.05) is 24.3 Å². The summed E-state index contributed by atoms with van der Waals surface area (Å²) >= 11 is 0. The van der Waals surface area contributed by atoms with Gasteiger partial charge in [0.25, 0.3) is 0 Å². The fraction of sp³-hybridized carbons (Fsp3) is 0.286. The molecule has 2 aromatic heterocycles. The van der Waals surface area contributed by atoms with E-state index in [1.54, 1.807) is 0 Å². The van der Waals surface area contributed by atoms with Crippen LogP contribution in [-0.2, 0) is 17.9 Å². The number of hydrogen-bond donors (Lipinski definition) is 1. The van der Waals surface area contributed by atoms with Crippen LogP contribution in [0.2, 0.25) is 0 Å². The molecule has 0 radical (unpaired) electrons. The van der Waals surface area contributed by atoms with Crippen LogP contribution in [0.25, 0.3) is 5.65 Å². The minimum Gasteiger partial charge on any atom is -0.377 e. The average molecular weight is 284 g/mol. The van der Waals surface area contributed by atoms with Crippen molar-refractivity contribution >= 4 is 11.5 Å². The quantitative estimate of drug-likeness (QED) is 0.742. The van der Waals surface area contributed by atoms with E-state index in [2.05, 4.69) is 38.1 Å². The molecule has 21 heavy (non-hydrogen) atoms. The van der Waals surface area contributed by atoms with Gasteiger partial charge in [0.05, 0.1) is 6.61 Å². The molecule has 108 valence electrons. The lowest BCUT2D eigenvalue weighted by Crippen LogP contribution is -2.07. The molecule has 3 rings (SSSR count). The zero-order valence-electron chi connectivity index (χ0n) is 11.7. The van der Waals surface area contributed by atoms with Crippen molar-refractivity contribution in [1.29, 1.82) is 0 Å². The van der Waals surface area contributed by atoms with Crippen LogP contribution in [-0.4, -0.2) is 31.9 Å². The molecule has 0 aliphatic carbocycles. The molecule has 0 unspecified atom stereocenters. The molecular formula is C14H16N6O.